The molecule has 0 unspecified atom stereocenters. The van der Waals surface area contributed by atoms with Crippen LogP contribution in [0.2, 0.25) is 5.02 Å². The Morgan fingerprint density at radius 3 is 2.86 bits per heavy atom. The molecule has 1 aliphatic rings. The summed E-state index contributed by atoms with van der Waals surface area (Å²) in [5.74, 6) is 0.929. The molecule has 3 aromatic rings. The number of halogens is 1. The van der Waals surface area contributed by atoms with E-state index >= 15 is 0 Å². The predicted octanol–water partition coefficient (Wildman–Crippen LogP) is 5.77. The molecule has 1 aliphatic heterocycles. The largest absolute Gasteiger partial charge is 0.337 e. The van der Waals surface area contributed by atoms with Crippen LogP contribution in [0, 0.1) is 13.8 Å². The van der Waals surface area contributed by atoms with Gasteiger partial charge in [0.1, 0.15) is 6.04 Å². The normalized spacial score (nSPS) is 16.7. The van der Waals surface area contributed by atoms with Crippen molar-refractivity contribution in [1.82, 2.24) is 15.0 Å². The Labute approximate surface area is 174 Å². The summed E-state index contributed by atoms with van der Waals surface area (Å²) in [7, 11) is 0. The topological polar surface area (TPSA) is 71.3 Å². The highest BCUT2D eigenvalue weighted by Gasteiger charge is 2.32. The van der Waals surface area contributed by atoms with Gasteiger partial charge >= 0.3 is 6.03 Å². The average Bonchev–Trinajstić information content (AvgIpc) is 3.20. The Bertz CT molecular complexity index is 1030. The Morgan fingerprint density at radius 2 is 2.07 bits per heavy atom. The van der Waals surface area contributed by atoms with Gasteiger partial charge in [-0.05, 0) is 56.9 Å². The number of carbonyl (C=O) groups excluding carboxylic acids is 1. The third-order valence-corrected chi connectivity index (χ3v) is 5.43. The van der Waals surface area contributed by atoms with Crippen molar-refractivity contribution in [2.24, 2.45) is 0 Å². The monoisotopic (exact) mass is 410 g/mol. The van der Waals surface area contributed by atoms with Gasteiger partial charge in [0.05, 0.1) is 0 Å². The molecular formula is C22H23ClN4O2. The van der Waals surface area contributed by atoms with Gasteiger partial charge in [-0.1, -0.05) is 46.6 Å². The zero-order chi connectivity index (χ0) is 20.4. The minimum atomic E-state index is -0.241. The summed E-state index contributed by atoms with van der Waals surface area (Å²) in [5.41, 5.74) is 3.80. The molecule has 150 valence electrons. The van der Waals surface area contributed by atoms with Crippen molar-refractivity contribution in [2.75, 3.05) is 11.9 Å². The number of carbonyl (C=O) groups is 1. The lowest BCUT2D eigenvalue weighted by molar-refractivity contribution is 0.142. The fourth-order valence-electron chi connectivity index (χ4n) is 3.69. The minimum absolute atomic E-state index is 0.149. The van der Waals surface area contributed by atoms with Gasteiger partial charge in [-0.25, -0.2) is 4.79 Å². The van der Waals surface area contributed by atoms with E-state index in [1.54, 1.807) is 17.0 Å². The van der Waals surface area contributed by atoms with Crippen LogP contribution < -0.4 is 5.32 Å². The van der Waals surface area contributed by atoms with E-state index < -0.39 is 0 Å². The van der Waals surface area contributed by atoms with E-state index in [0.29, 0.717) is 23.3 Å². The van der Waals surface area contributed by atoms with Gasteiger partial charge in [-0.2, -0.15) is 4.98 Å². The number of likely N-dealkylation sites (tertiary alicyclic amines) is 1. The van der Waals surface area contributed by atoms with Gasteiger partial charge in [-0.3, -0.25) is 0 Å². The van der Waals surface area contributed by atoms with Crippen LogP contribution in [0.4, 0.5) is 10.5 Å². The Kier molecular flexibility index (Phi) is 5.53. The summed E-state index contributed by atoms with van der Waals surface area (Å²) < 4.78 is 5.54. The SMILES string of the molecule is Cc1ccc(NC(=O)N2CCCC[C@H]2c2nc(-c3cccc(Cl)c3)no2)c(C)c1. The highest BCUT2D eigenvalue weighted by molar-refractivity contribution is 6.30. The lowest BCUT2D eigenvalue weighted by atomic mass is 10.0. The van der Waals surface area contributed by atoms with E-state index in [9.17, 15) is 4.79 Å². The maximum Gasteiger partial charge on any atom is 0.322 e. The molecule has 7 heteroatoms. The molecule has 1 atom stereocenters. The smallest absolute Gasteiger partial charge is 0.322 e. The number of anilines is 1. The number of piperidine rings is 1. The van der Waals surface area contributed by atoms with Crippen LogP contribution in [-0.2, 0) is 0 Å². The molecule has 6 nitrogen and oxygen atoms in total. The van der Waals surface area contributed by atoms with Crippen molar-refractivity contribution in [3.63, 3.8) is 0 Å². The predicted molar refractivity (Wildman–Crippen MR) is 113 cm³/mol. The average molecular weight is 411 g/mol. The van der Waals surface area contributed by atoms with Crippen molar-refractivity contribution >= 4 is 23.3 Å². The lowest BCUT2D eigenvalue weighted by Crippen LogP contribution is -2.41. The summed E-state index contributed by atoms with van der Waals surface area (Å²) in [6.07, 6.45) is 2.75. The number of aromatic nitrogens is 2. The molecule has 1 N–H and O–H groups in total. The molecule has 0 radical (unpaired) electrons. The first-order chi connectivity index (χ1) is 14.0. The number of rotatable bonds is 3. The summed E-state index contributed by atoms with van der Waals surface area (Å²) in [6.45, 7) is 4.67. The maximum absolute atomic E-state index is 13.0. The first-order valence-electron chi connectivity index (χ1n) is 9.75. The van der Waals surface area contributed by atoms with Crippen LogP contribution in [0.3, 0.4) is 0 Å². The van der Waals surface area contributed by atoms with Crippen molar-refractivity contribution in [3.8, 4) is 11.4 Å². The summed E-state index contributed by atoms with van der Waals surface area (Å²) in [6, 6.07) is 12.9. The van der Waals surface area contributed by atoms with Crippen LogP contribution in [0.25, 0.3) is 11.4 Å². The van der Waals surface area contributed by atoms with Crippen LogP contribution in [0.5, 0.6) is 0 Å². The summed E-state index contributed by atoms with van der Waals surface area (Å²) >= 11 is 6.07. The first kappa shape index (κ1) is 19.5. The zero-order valence-corrected chi connectivity index (χ0v) is 17.2. The third-order valence-electron chi connectivity index (χ3n) is 5.20. The molecule has 1 saturated heterocycles. The van der Waals surface area contributed by atoms with E-state index in [0.717, 1.165) is 41.6 Å². The van der Waals surface area contributed by atoms with Gasteiger partial charge in [0.15, 0.2) is 0 Å². The number of benzene rings is 2. The second-order valence-electron chi connectivity index (χ2n) is 7.42. The Balaban J connectivity index is 1.55. The number of nitrogens with one attached hydrogen (secondary N) is 1. The van der Waals surface area contributed by atoms with Crippen molar-refractivity contribution in [1.29, 1.82) is 0 Å². The highest BCUT2D eigenvalue weighted by atomic mass is 35.5. The van der Waals surface area contributed by atoms with Gasteiger partial charge in [0.25, 0.3) is 0 Å². The zero-order valence-electron chi connectivity index (χ0n) is 16.5. The molecule has 29 heavy (non-hydrogen) atoms. The minimum Gasteiger partial charge on any atom is -0.337 e. The lowest BCUT2D eigenvalue weighted by Gasteiger charge is -2.33. The van der Waals surface area contributed by atoms with Crippen LogP contribution in [-0.4, -0.2) is 27.6 Å². The molecule has 2 amide bonds. The standard InChI is InChI=1S/C22H23ClN4O2/c1-14-9-10-18(15(2)12-14)24-22(28)27-11-4-3-8-19(27)21-25-20(26-29-21)16-6-5-7-17(23)13-16/h5-7,9-10,12-13,19H,3-4,8,11H2,1-2H3,(H,24,28)/t19-/m0/s1. The number of amides is 2. The number of hydrogen-bond acceptors (Lipinski definition) is 4. The van der Waals surface area contributed by atoms with E-state index in [2.05, 4.69) is 21.5 Å². The summed E-state index contributed by atoms with van der Waals surface area (Å²) in [4.78, 5) is 19.4. The molecule has 0 aliphatic carbocycles. The molecule has 0 saturated carbocycles. The number of urea groups is 1. The number of nitrogens with zero attached hydrogens (tertiary/aromatic N) is 3. The van der Waals surface area contributed by atoms with E-state index in [4.69, 9.17) is 16.1 Å². The van der Waals surface area contributed by atoms with E-state index in [1.807, 2.05) is 38.1 Å². The molecular weight excluding hydrogens is 388 g/mol. The van der Waals surface area contributed by atoms with Gasteiger partial charge < -0.3 is 14.7 Å². The number of hydrogen-bond donors (Lipinski definition) is 1. The second kappa shape index (κ2) is 8.25. The van der Waals surface area contributed by atoms with Crippen LogP contribution in [0.15, 0.2) is 47.0 Å². The van der Waals surface area contributed by atoms with Crippen LogP contribution >= 0.6 is 11.6 Å². The van der Waals surface area contributed by atoms with Crippen molar-refractivity contribution < 1.29 is 9.32 Å². The summed E-state index contributed by atoms with van der Waals surface area (Å²) in [5, 5.41) is 7.75. The molecule has 0 bridgehead atoms. The van der Waals surface area contributed by atoms with E-state index in [1.165, 1.54) is 0 Å². The maximum atomic E-state index is 13.0. The Morgan fingerprint density at radius 1 is 1.21 bits per heavy atom. The molecule has 1 aromatic heterocycles. The van der Waals surface area contributed by atoms with Gasteiger partial charge in [-0.15, -0.1) is 0 Å². The number of aryl methyl sites for hydroxylation is 2. The third kappa shape index (κ3) is 4.27. The highest BCUT2D eigenvalue weighted by Crippen LogP contribution is 2.32. The van der Waals surface area contributed by atoms with Gasteiger partial charge in [0, 0.05) is 22.8 Å². The van der Waals surface area contributed by atoms with Crippen molar-refractivity contribution in [2.45, 2.75) is 39.2 Å². The fraction of sp³-hybridized carbons (Fsp3) is 0.318. The molecule has 1 fully saturated rings. The fourth-order valence-corrected chi connectivity index (χ4v) is 3.88. The molecule has 2 heterocycles. The van der Waals surface area contributed by atoms with Crippen molar-refractivity contribution in [3.05, 3.63) is 64.5 Å². The quantitative estimate of drug-likeness (QED) is 0.595. The second-order valence-corrected chi connectivity index (χ2v) is 7.86. The first-order valence-corrected chi connectivity index (χ1v) is 10.1. The molecule has 0 spiro atoms. The van der Waals surface area contributed by atoms with Gasteiger partial charge in [0.2, 0.25) is 11.7 Å². The Hall–Kier alpha value is -2.86. The molecule has 2 aromatic carbocycles. The molecule has 4 rings (SSSR count). The van der Waals surface area contributed by atoms with Crippen LogP contribution in [0.1, 0.15) is 42.3 Å². The van der Waals surface area contributed by atoms with E-state index in [-0.39, 0.29) is 12.1 Å².